The number of benzene rings is 1. The van der Waals surface area contributed by atoms with E-state index in [1.54, 1.807) is 0 Å². The minimum atomic E-state index is -0.984. The van der Waals surface area contributed by atoms with E-state index in [1.807, 2.05) is 24.3 Å². The first-order valence-electron chi connectivity index (χ1n) is 7.96. The molecular formula is C17H21NO5. The molecule has 1 unspecified atom stereocenters. The summed E-state index contributed by atoms with van der Waals surface area (Å²) in [6.07, 6.45) is 1.96. The van der Waals surface area contributed by atoms with E-state index in [0.29, 0.717) is 39.1 Å². The van der Waals surface area contributed by atoms with Gasteiger partial charge in [0.15, 0.2) is 0 Å². The number of hydrogen-bond acceptors (Lipinski definition) is 4. The lowest BCUT2D eigenvalue weighted by atomic mass is 9.94. The highest BCUT2D eigenvalue weighted by atomic mass is 16.5. The van der Waals surface area contributed by atoms with Gasteiger partial charge in [0.1, 0.15) is 18.9 Å². The fourth-order valence-electron chi connectivity index (χ4n) is 3.25. The Balaban J connectivity index is 1.74. The molecule has 0 saturated carbocycles. The molecule has 1 fully saturated rings. The molecule has 124 valence electrons. The van der Waals surface area contributed by atoms with Crippen molar-refractivity contribution in [3.63, 3.8) is 0 Å². The van der Waals surface area contributed by atoms with Crippen LogP contribution >= 0.6 is 0 Å². The van der Waals surface area contributed by atoms with E-state index in [0.717, 1.165) is 11.3 Å². The number of hydrogen-bond donors (Lipinski definition) is 1. The van der Waals surface area contributed by atoms with Crippen molar-refractivity contribution >= 4 is 11.9 Å². The van der Waals surface area contributed by atoms with Gasteiger partial charge in [0.25, 0.3) is 0 Å². The van der Waals surface area contributed by atoms with E-state index < -0.39 is 5.97 Å². The Bertz CT molecular complexity index is 582. The van der Waals surface area contributed by atoms with Crippen LogP contribution < -0.4 is 4.74 Å². The van der Waals surface area contributed by atoms with Gasteiger partial charge in [-0.3, -0.25) is 9.59 Å². The average Bonchev–Trinajstić information content (AvgIpc) is 2.59. The number of ether oxygens (including phenoxy) is 2. The van der Waals surface area contributed by atoms with Crippen LogP contribution in [0.25, 0.3) is 0 Å². The Morgan fingerprint density at radius 2 is 1.96 bits per heavy atom. The maximum Gasteiger partial charge on any atom is 0.323 e. The lowest BCUT2D eigenvalue weighted by Crippen LogP contribution is -2.50. The topological polar surface area (TPSA) is 76.1 Å². The molecule has 1 N–H and O–H groups in total. The third kappa shape index (κ3) is 3.64. The van der Waals surface area contributed by atoms with Crippen LogP contribution in [0.4, 0.5) is 0 Å². The summed E-state index contributed by atoms with van der Waals surface area (Å²) in [4.78, 5) is 25.6. The molecule has 6 heteroatoms. The van der Waals surface area contributed by atoms with Crippen molar-refractivity contribution in [1.82, 2.24) is 4.90 Å². The Hall–Kier alpha value is -2.08. The second kappa shape index (κ2) is 7.00. The molecule has 6 nitrogen and oxygen atoms in total. The third-order valence-corrected chi connectivity index (χ3v) is 4.45. The molecule has 1 aromatic carbocycles. The fraction of sp³-hybridized carbons (Fsp3) is 0.529. The van der Waals surface area contributed by atoms with Crippen LogP contribution in [0.2, 0.25) is 0 Å². The quantitative estimate of drug-likeness (QED) is 0.906. The Labute approximate surface area is 135 Å². The first kappa shape index (κ1) is 15.8. The number of carbonyl (C=O) groups excluding carboxylic acids is 1. The predicted octanol–water partition coefficient (Wildman–Crippen LogP) is 1.33. The largest absolute Gasteiger partial charge is 0.492 e. The van der Waals surface area contributed by atoms with Gasteiger partial charge in [0, 0.05) is 19.3 Å². The van der Waals surface area contributed by atoms with E-state index >= 15 is 0 Å². The van der Waals surface area contributed by atoms with Gasteiger partial charge in [-0.05, 0) is 30.9 Å². The Kier molecular flexibility index (Phi) is 4.81. The van der Waals surface area contributed by atoms with E-state index in [4.69, 9.17) is 14.6 Å². The summed E-state index contributed by atoms with van der Waals surface area (Å²) < 4.78 is 11.0. The number of carbonyl (C=O) groups is 2. The van der Waals surface area contributed by atoms with Crippen molar-refractivity contribution < 1.29 is 24.2 Å². The second-order valence-corrected chi connectivity index (χ2v) is 6.02. The normalized spacial score (nSPS) is 21.1. The molecule has 2 aliphatic rings. The SMILES string of the molecule is O=C(O)CN(C(=O)C1COc2ccccc2C1)C1CCOCC1. The van der Waals surface area contributed by atoms with Crippen molar-refractivity contribution in [3.05, 3.63) is 29.8 Å². The van der Waals surface area contributed by atoms with E-state index in [9.17, 15) is 9.59 Å². The Morgan fingerprint density at radius 3 is 2.70 bits per heavy atom. The van der Waals surface area contributed by atoms with Gasteiger partial charge >= 0.3 is 5.97 Å². The molecule has 1 amide bonds. The number of para-hydroxylation sites is 1. The van der Waals surface area contributed by atoms with Crippen LogP contribution in [-0.2, 0) is 20.7 Å². The molecule has 23 heavy (non-hydrogen) atoms. The van der Waals surface area contributed by atoms with E-state index in [2.05, 4.69) is 0 Å². The molecular weight excluding hydrogens is 298 g/mol. The van der Waals surface area contributed by atoms with Crippen LogP contribution in [0.5, 0.6) is 5.75 Å². The number of amides is 1. The number of carboxylic acid groups (broad SMARTS) is 1. The molecule has 0 aromatic heterocycles. The van der Waals surface area contributed by atoms with Gasteiger partial charge in [0.2, 0.25) is 5.91 Å². The molecule has 2 aliphatic heterocycles. The monoisotopic (exact) mass is 319 g/mol. The second-order valence-electron chi connectivity index (χ2n) is 6.02. The first-order chi connectivity index (χ1) is 11.1. The molecule has 3 rings (SSSR count). The zero-order valence-corrected chi connectivity index (χ0v) is 12.9. The van der Waals surface area contributed by atoms with Gasteiger partial charge in [-0.15, -0.1) is 0 Å². The summed E-state index contributed by atoms with van der Waals surface area (Å²) in [5.74, 6) is -0.629. The maximum absolute atomic E-state index is 12.9. The smallest absolute Gasteiger partial charge is 0.323 e. The maximum atomic E-state index is 12.9. The van der Waals surface area contributed by atoms with Crippen LogP contribution in [0.3, 0.4) is 0 Å². The van der Waals surface area contributed by atoms with Crippen molar-refractivity contribution in [1.29, 1.82) is 0 Å². The van der Waals surface area contributed by atoms with Crippen molar-refractivity contribution in [2.45, 2.75) is 25.3 Å². The van der Waals surface area contributed by atoms with Crippen LogP contribution in [0, 0.1) is 5.92 Å². The highest BCUT2D eigenvalue weighted by Crippen LogP contribution is 2.28. The molecule has 0 spiro atoms. The summed E-state index contributed by atoms with van der Waals surface area (Å²) in [6, 6.07) is 7.60. The molecule has 0 bridgehead atoms. The van der Waals surface area contributed by atoms with Gasteiger partial charge in [-0.2, -0.15) is 0 Å². The highest BCUT2D eigenvalue weighted by molar-refractivity contribution is 5.84. The summed E-state index contributed by atoms with van der Waals surface area (Å²) in [7, 11) is 0. The number of aliphatic carboxylic acids is 1. The number of carboxylic acids is 1. The standard InChI is InChI=1S/C17H21NO5/c19-16(20)10-18(14-5-7-22-8-6-14)17(21)13-9-12-3-1-2-4-15(12)23-11-13/h1-4,13-14H,5-11H2,(H,19,20). The zero-order valence-electron chi connectivity index (χ0n) is 12.9. The van der Waals surface area contributed by atoms with Crippen molar-refractivity contribution in [2.75, 3.05) is 26.4 Å². The summed E-state index contributed by atoms with van der Waals surface area (Å²) >= 11 is 0. The summed E-state index contributed by atoms with van der Waals surface area (Å²) in [5.41, 5.74) is 0.999. The predicted molar refractivity (Wildman–Crippen MR) is 82.3 cm³/mol. The number of fused-ring (bicyclic) bond motifs is 1. The lowest BCUT2D eigenvalue weighted by Gasteiger charge is -2.36. The average molecular weight is 319 g/mol. The molecule has 0 radical (unpaired) electrons. The van der Waals surface area contributed by atoms with E-state index in [-0.39, 0.29) is 24.4 Å². The minimum Gasteiger partial charge on any atom is -0.492 e. The van der Waals surface area contributed by atoms with Gasteiger partial charge in [0.05, 0.1) is 5.92 Å². The Morgan fingerprint density at radius 1 is 1.22 bits per heavy atom. The lowest BCUT2D eigenvalue weighted by molar-refractivity contribution is -0.150. The third-order valence-electron chi connectivity index (χ3n) is 4.45. The first-order valence-corrected chi connectivity index (χ1v) is 7.96. The van der Waals surface area contributed by atoms with Gasteiger partial charge in [-0.1, -0.05) is 18.2 Å². The number of nitrogens with zero attached hydrogens (tertiary/aromatic N) is 1. The van der Waals surface area contributed by atoms with Gasteiger partial charge in [-0.25, -0.2) is 0 Å². The van der Waals surface area contributed by atoms with Crippen LogP contribution in [0.15, 0.2) is 24.3 Å². The number of rotatable bonds is 4. The van der Waals surface area contributed by atoms with Crippen molar-refractivity contribution in [3.8, 4) is 5.75 Å². The van der Waals surface area contributed by atoms with Crippen LogP contribution in [-0.4, -0.2) is 54.3 Å². The highest BCUT2D eigenvalue weighted by Gasteiger charge is 2.34. The molecule has 1 aromatic rings. The fourth-order valence-corrected chi connectivity index (χ4v) is 3.25. The molecule has 1 saturated heterocycles. The van der Waals surface area contributed by atoms with E-state index in [1.165, 1.54) is 4.90 Å². The molecule has 1 atom stereocenters. The minimum absolute atomic E-state index is 0.0653. The van der Waals surface area contributed by atoms with Gasteiger partial charge < -0.3 is 19.5 Å². The summed E-state index contributed by atoms with van der Waals surface area (Å²) in [6.45, 7) is 1.17. The van der Waals surface area contributed by atoms with Crippen molar-refractivity contribution in [2.24, 2.45) is 5.92 Å². The molecule has 0 aliphatic carbocycles. The summed E-state index contributed by atoms with van der Waals surface area (Å²) in [5, 5.41) is 9.16. The molecule has 2 heterocycles. The van der Waals surface area contributed by atoms with Crippen LogP contribution in [0.1, 0.15) is 18.4 Å². The zero-order chi connectivity index (χ0) is 16.2.